The van der Waals surface area contributed by atoms with E-state index in [9.17, 15) is 9.90 Å². The van der Waals surface area contributed by atoms with Crippen molar-refractivity contribution in [2.75, 3.05) is 19.0 Å². The van der Waals surface area contributed by atoms with Crippen LogP contribution in [0.15, 0.2) is 42.5 Å². The molecule has 128 valence electrons. The average Bonchev–Trinajstić information content (AvgIpc) is 3.23. The second kappa shape index (κ2) is 6.26. The van der Waals surface area contributed by atoms with Gasteiger partial charge in [-0.15, -0.1) is 0 Å². The predicted molar refractivity (Wildman–Crippen MR) is 97.7 cm³/mol. The fraction of sp³-hybridized carbons (Fsp3) is 0.250. The van der Waals surface area contributed by atoms with E-state index in [1.165, 1.54) is 7.11 Å². The molecule has 25 heavy (non-hydrogen) atoms. The molecule has 1 amide bonds. The Morgan fingerprint density at radius 3 is 2.76 bits per heavy atom. The summed E-state index contributed by atoms with van der Waals surface area (Å²) in [7, 11) is 1.52. The van der Waals surface area contributed by atoms with Crippen molar-refractivity contribution in [2.24, 2.45) is 0 Å². The van der Waals surface area contributed by atoms with Gasteiger partial charge in [0.2, 0.25) is 0 Å². The number of carbonyl (C=O) groups excluding carboxylic acids is 1. The van der Waals surface area contributed by atoms with E-state index in [4.69, 9.17) is 4.74 Å². The van der Waals surface area contributed by atoms with Crippen molar-refractivity contribution in [3.05, 3.63) is 48.0 Å². The molecule has 1 atom stereocenters. The molecular formula is C20H20N2O3. The van der Waals surface area contributed by atoms with E-state index in [1.54, 1.807) is 12.1 Å². The molecule has 0 spiro atoms. The highest BCUT2D eigenvalue weighted by Gasteiger charge is 2.26. The summed E-state index contributed by atoms with van der Waals surface area (Å²) in [5, 5.41) is 16.1. The van der Waals surface area contributed by atoms with Crippen LogP contribution in [0.2, 0.25) is 0 Å². The normalized spacial score (nSPS) is 20.6. The Morgan fingerprint density at radius 1 is 1.20 bits per heavy atom. The Hall–Kier alpha value is -2.79. The Kier molecular flexibility index (Phi) is 3.93. The fourth-order valence-corrected chi connectivity index (χ4v) is 3.45. The zero-order chi connectivity index (χ0) is 17.4. The number of phenols is 1. The van der Waals surface area contributed by atoms with Crippen molar-refractivity contribution in [3.63, 3.8) is 0 Å². The molecule has 0 radical (unpaired) electrons. The fourth-order valence-electron chi connectivity index (χ4n) is 3.45. The van der Waals surface area contributed by atoms with Gasteiger partial charge in [0.1, 0.15) is 0 Å². The van der Waals surface area contributed by atoms with Crippen molar-refractivity contribution in [1.82, 2.24) is 5.32 Å². The number of phenolic OH excluding ortho intramolecular Hbond substituents is 1. The van der Waals surface area contributed by atoms with E-state index in [1.807, 2.05) is 30.3 Å². The minimum atomic E-state index is -0.0517. The molecule has 1 fully saturated rings. The molecule has 0 bridgehead atoms. The van der Waals surface area contributed by atoms with Crippen LogP contribution < -0.4 is 15.4 Å². The summed E-state index contributed by atoms with van der Waals surface area (Å²) >= 11 is 0. The smallest absolute Gasteiger partial charge is 0.256 e. The first-order valence-corrected chi connectivity index (χ1v) is 8.44. The maximum absolute atomic E-state index is 12.4. The molecule has 2 aromatic carbocycles. The SMILES string of the molecule is COc1cc(-c2ccc3c(c2)NC(=O)C3=CC2CCCN2)ccc1O. The highest BCUT2D eigenvalue weighted by Crippen LogP contribution is 2.37. The third-order valence-electron chi connectivity index (χ3n) is 4.78. The Labute approximate surface area is 146 Å². The maximum atomic E-state index is 12.4. The van der Waals surface area contributed by atoms with Gasteiger partial charge in [0.15, 0.2) is 11.5 Å². The second-order valence-corrected chi connectivity index (χ2v) is 6.38. The Bertz CT molecular complexity index is 867. The quantitative estimate of drug-likeness (QED) is 0.753. The van der Waals surface area contributed by atoms with Crippen molar-refractivity contribution in [2.45, 2.75) is 18.9 Å². The summed E-state index contributed by atoms with van der Waals surface area (Å²) in [5.74, 6) is 0.481. The molecule has 2 heterocycles. The van der Waals surface area contributed by atoms with Gasteiger partial charge in [0.05, 0.1) is 7.11 Å². The molecule has 5 nitrogen and oxygen atoms in total. The number of benzene rings is 2. The molecule has 5 heteroatoms. The summed E-state index contributed by atoms with van der Waals surface area (Å²) in [5.41, 5.74) is 4.37. The number of hydrogen-bond acceptors (Lipinski definition) is 4. The summed E-state index contributed by atoms with van der Waals surface area (Å²) < 4.78 is 5.17. The number of fused-ring (bicyclic) bond motifs is 1. The van der Waals surface area contributed by atoms with Crippen molar-refractivity contribution in [1.29, 1.82) is 0 Å². The van der Waals surface area contributed by atoms with E-state index < -0.39 is 0 Å². The zero-order valence-corrected chi connectivity index (χ0v) is 14.0. The maximum Gasteiger partial charge on any atom is 0.256 e. The molecule has 2 aromatic rings. The highest BCUT2D eigenvalue weighted by atomic mass is 16.5. The number of amides is 1. The Morgan fingerprint density at radius 2 is 2.00 bits per heavy atom. The highest BCUT2D eigenvalue weighted by molar-refractivity contribution is 6.31. The molecule has 0 aromatic heterocycles. The van der Waals surface area contributed by atoms with Crippen LogP contribution in [-0.4, -0.2) is 30.7 Å². The van der Waals surface area contributed by atoms with Crippen molar-refractivity contribution in [3.8, 4) is 22.6 Å². The molecule has 2 aliphatic heterocycles. The van der Waals surface area contributed by atoms with E-state index in [2.05, 4.69) is 10.6 Å². The summed E-state index contributed by atoms with van der Waals surface area (Å²) in [6.45, 7) is 1.00. The van der Waals surface area contributed by atoms with Gasteiger partial charge in [-0.2, -0.15) is 0 Å². The summed E-state index contributed by atoms with van der Waals surface area (Å²) in [6, 6.07) is 11.4. The lowest BCUT2D eigenvalue weighted by Crippen LogP contribution is -2.19. The lowest BCUT2D eigenvalue weighted by Gasteiger charge is -2.09. The number of carbonyl (C=O) groups is 1. The van der Waals surface area contributed by atoms with E-state index >= 15 is 0 Å². The van der Waals surface area contributed by atoms with Crippen molar-refractivity contribution >= 4 is 17.2 Å². The number of methoxy groups -OCH3 is 1. The number of rotatable bonds is 3. The van der Waals surface area contributed by atoms with Gasteiger partial charge >= 0.3 is 0 Å². The van der Waals surface area contributed by atoms with Gasteiger partial charge in [-0.05, 0) is 48.7 Å². The van der Waals surface area contributed by atoms with Gasteiger partial charge < -0.3 is 20.5 Å². The van der Waals surface area contributed by atoms with Gasteiger partial charge in [-0.3, -0.25) is 4.79 Å². The molecule has 4 rings (SSSR count). The lowest BCUT2D eigenvalue weighted by molar-refractivity contribution is -0.110. The van der Waals surface area contributed by atoms with Gasteiger partial charge in [-0.25, -0.2) is 0 Å². The minimum absolute atomic E-state index is 0.0517. The van der Waals surface area contributed by atoms with Crippen LogP contribution >= 0.6 is 0 Å². The first-order valence-electron chi connectivity index (χ1n) is 8.44. The standard InChI is InChI=1S/C20H20N2O3/c1-25-19-10-13(5-7-18(19)23)12-4-6-15-16(11-14-3-2-8-21-14)20(24)22-17(15)9-12/h4-7,9-11,14,21,23H,2-3,8H2,1H3,(H,22,24). The number of aromatic hydroxyl groups is 1. The largest absolute Gasteiger partial charge is 0.504 e. The zero-order valence-electron chi connectivity index (χ0n) is 14.0. The topological polar surface area (TPSA) is 70.6 Å². The molecule has 2 aliphatic rings. The molecular weight excluding hydrogens is 316 g/mol. The van der Waals surface area contributed by atoms with E-state index in [-0.39, 0.29) is 17.7 Å². The van der Waals surface area contributed by atoms with Gasteiger partial charge in [-0.1, -0.05) is 24.3 Å². The third kappa shape index (κ3) is 2.87. The second-order valence-electron chi connectivity index (χ2n) is 6.38. The number of hydrogen-bond donors (Lipinski definition) is 3. The Balaban J connectivity index is 1.69. The van der Waals surface area contributed by atoms with Crippen LogP contribution in [0.1, 0.15) is 18.4 Å². The first-order chi connectivity index (χ1) is 12.2. The van der Waals surface area contributed by atoms with Crippen LogP contribution in [0, 0.1) is 0 Å². The monoisotopic (exact) mass is 336 g/mol. The number of nitrogens with one attached hydrogen (secondary N) is 2. The molecule has 1 unspecified atom stereocenters. The minimum Gasteiger partial charge on any atom is -0.504 e. The molecule has 0 saturated carbocycles. The summed E-state index contributed by atoms with van der Waals surface area (Å²) in [6.07, 6.45) is 4.25. The predicted octanol–water partition coefficient (Wildman–Crippen LogP) is 3.16. The van der Waals surface area contributed by atoms with Gasteiger partial charge in [0, 0.05) is 22.9 Å². The molecule has 3 N–H and O–H groups in total. The van der Waals surface area contributed by atoms with Crippen LogP contribution in [0.4, 0.5) is 5.69 Å². The van der Waals surface area contributed by atoms with Crippen molar-refractivity contribution < 1.29 is 14.6 Å². The van der Waals surface area contributed by atoms with Crippen LogP contribution in [-0.2, 0) is 4.79 Å². The van der Waals surface area contributed by atoms with Crippen LogP contribution in [0.25, 0.3) is 16.7 Å². The van der Waals surface area contributed by atoms with Crippen LogP contribution in [0.3, 0.4) is 0 Å². The third-order valence-corrected chi connectivity index (χ3v) is 4.78. The number of ether oxygens (including phenoxy) is 1. The molecule has 0 aliphatic carbocycles. The van der Waals surface area contributed by atoms with E-state index in [0.717, 1.165) is 47.3 Å². The lowest BCUT2D eigenvalue weighted by atomic mass is 9.99. The van der Waals surface area contributed by atoms with Crippen LogP contribution in [0.5, 0.6) is 11.5 Å². The van der Waals surface area contributed by atoms with E-state index in [0.29, 0.717) is 5.75 Å². The first kappa shape index (κ1) is 15.7. The average molecular weight is 336 g/mol. The summed E-state index contributed by atoms with van der Waals surface area (Å²) in [4.78, 5) is 12.4. The number of anilines is 1. The molecule has 1 saturated heterocycles. The van der Waals surface area contributed by atoms with Gasteiger partial charge in [0.25, 0.3) is 5.91 Å².